The van der Waals surface area contributed by atoms with Gasteiger partial charge in [-0.2, -0.15) is 0 Å². The first kappa shape index (κ1) is 17.1. The highest BCUT2D eigenvalue weighted by molar-refractivity contribution is 9.10. The highest BCUT2D eigenvalue weighted by Crippen LogP contribution is 2.36. The van der Waals surface area contributed by atoms with E-state index in [1.54, 1.807) is 0 Å². The number of halogens is 1. The smallest absolute Gasteiger partial charge is 0.255 e. The third kappa shape index (κ3) is 4.88. The Balaban J connectivity index is 2.08. The van der Waals surface area contributed by atoms with Crippen molar-refractivity contribution in [1.29, 1.82) is 0 Å². The average molecular weight is 372 g/mol. The van der Waals surface area contributed by atoms with E-state index in [0.717, 1.165) is 17.1 Å². The molecular weight excluding hydrogens is 348 g/mol. The Kier molecular flexibility index (Phi) is 6.51. The van der Waals surface area contributed by atoms with E-state index in [4.69, 9.17) is 15.2 Å². The summed E-state index contributed by atoms with van der Waals surface area (Å²) in [7, 11) is 0. The molecule has 1 aromatic carbocycles. The Morgan fingerprint density at radius 3 is 2.73 bits per heavy atom. The molecule has 0 saturated heterocycles. The van der Waals surface area contributed by atoms with Crippen LogP contribution >= 0.6 is 15.9 Å². The Hall–Kier alpha value is -1.27. The molecule has 0 heterocycles. The monoisotopic (exact) mass is 371 g/mol. The number of primary amides is 1. The number of carbonyl (C=O) groups excluding carboxylic acids is 1. The van der Waals surface area contributed by atoms with Gasteiger partial charge >= 0.3 is 0 Å². The first-order valence-electron chi connectivity index (χ1n) is 7.79. The van der Waals surface area contributed by atoms with Crippen LogP contribution in [0.1, 0.15) is 38.2 Å². The summed E-state index contributed by atoms with van der Waals surface area (Å²) in [6.45, 7) is 3.21. The minimum atomic E-state index is -0.506. The predicted molar refractivity (Wildman–Crippen MR) is 87.9 cm³/mol. The van der Waals surface area contributed by atoms with Gasteiger partial charge in [0.1, 0.15) is 6.54 Å². The Morgan fingerprint density at radius 2 is 2.09 bits per heavy atom. The maximum absolute atomic E-state index is 10.9. The fourth-order valence-electron chi connectivity index (χ4n) is 2.78. The number of hydrogen-bond donors (Lipinski definition) is 2. The third-order valence-corrected chi connectivity index (χ3v) is 4.40. The zero-order valence-corrected chi connectivity index (χ0v) is 14.5. The average Bonchev–Trinajstić information content (AvgIpc) is 2.97. The maximum atomic E-state index is 10.9. The van der Waals surface area contributed by atoms with Crippen LogP contribution in [0.25, 0.3) is 0 Å². The number of carbonyl (C=O) groups is 1. The van der Waals surface area contributed by atoms with Crippen molar-refractivity contribution in [3.63, 3.8) is 0 Å². The molecule has 1 aliphatic carbocycles. The lowest BCUT2D eigenvalue weighted by Gasteiger charge is -2.15. The van der Waals surface area contributed by atoms with E-state index in [1.165, 1.54) is 31.2 Å². The molecule has 1 aromatic rings. The van der Waals surface area contributed by atoms with E-state index in [1.807, 2.05) is 19.1 Å². The van der Waals surface area contributed by atoms with Crippen LogP contribution in [0.4, 0.5) is 0 Å². The van der Waals surface area contributed by atoms with Gasteiger partial charge in [-0.1, -0.05) is 0 Å². The molecule has 0 spiro atoms. The number of ether oxygens (including phenoxy) is 2. The van der Waals surface area contributed by atoms with E-state index in [0.29, 0.717) is 18.1 Å². The summed E-state index contributed by atoms with van der Waals surface area (Å²) < 4.78 is 11.9. The van der Waals surface area contributed by atoms with Crippen molar-refractivity contribution in [3.8, 4) is 11.5 Å². The Morgan fingerprint density at radius 1 is 1.36 bits per heavy atom. The van der Waals surface area contributed by atoms with E-state index in [-0.39, 0.29) is 6.61 Å². The summed E-state index contributed by atoms with van der Waals surface area (Å²) in [5.41, 5.74) is 6.31. The summed E-state index contributed by atoms with van der Waals surface area (Å²) in [6, 6.07) is 4.74. The van der Waals surface area contributed by atoms with Gasteiger partial charge in [0.15, 0.2) is 18.1 Å². The molecule has 22 heavy (non-hydrogen) atoms. The highest BCUT2D eigenvalue weighted by atomic mass is 79.9. The second-order valence-electron chi connectivity index (χ2n) is 5.58. The predicted octanol–water partition coefficient (Wildman–Crippen LogP) is 1.72. The number of rotatable bonds is 8. The van der Waals surface area contributed by atoms with Crippen molar-refractivity contribution in [2.75, 3.05) is 13.2 Å². The van der Waals surface area contributed by atoms with Crippen LogP contribution in [0, 0.1) is 0 Å². The number of nitrogens with two attached hydrogens (primary N) is 2. The summed E-state index contributed by atoms with van der Waals surface area (Å²) >= 11 is 3.50. The second-order valence-corrected chi connectivity index (χ2v) is 6.43. The van der Waals surface area contributed by atoms with Crippen molar-refractivity contribution in [2.24, 2.45) is 5.73 Å². The van der Waals surface area contributed by atoms with E-state index in [2.05, 4.69) is 21.2 Å². The highest BCUT2D eigenvalue weighted by Gasteiger charge is 2.19. The van der Waals surface area contributed by atoms with Crippen LogP contribution in [0.3, 0.4) is 0 Å². The molecule has 1 saturated carbocycles. The number of quaternary nitrogens is 1. The lowest BCUT2D eigenvalue weighted by atomic mass is 10.1. The van der Waals surface area contributed by atoms with Crippen LogP contribution in [0.2, 0.25) is 0 Å². The first-order valence-corrected chi connectivity index (χ1v) is 8.59. The molecule has 0 bridgehead atoms. The van der Waals surface area contributed by atoms with Crippen LogP contribution in [0.5, 0.6) is 11.5 Å². The summed E-state index contributed by atoms with van der Waals surface area (Å²) in [5, 5.41) is 2.40. The molecule has 4 N–H and O–H groups in total. The fraction of sp³-hybridized carbons (Fsp3) is 0.562. The molecular formula is C16H24BrN2O3+. The van der Waals surface area contributed by atoms with Crippen LogP contribution in [-0.2, 0) is 11.3 Å². The molecule has 122 valence electrons. The van der Waals surface area contributed by atoms with Crippen molar-refractivity contribution < 1.29 is 19.6 Å². The summed E-state index contributed by atoms with van der Waals surface area (Å²) in [6.07, 6.45) is 5.29. The molecule has 1 aliphatic rings. The second kappa shape index (κ2) is 8.39. The molecule has 0 radical (unpaired) electrons. The largest absolute Gasteiger partial charge is 0.490 e. The van der Waals surface area contributed by atoms with Gasteiger partial charge in [0.25, 0.3) is 5.91 Å². The minimum Gasteiger partial charge on any atom is -0.490 e. The molecule has 1 fully saturated rings. The third-order valence-electron chi connectivity index (χ3n) is 3.81. The van der Waals surface area contributed by atoms with Crippen LogP contribution in [-0.4, -0.2) is 25.2 Å². The lowest BCUT2D eigenvalue weighted by Crippen LogP contribution is -2.87. The van der Waals surface area contributed by atoms with Gasteiger partial charge in [-0.15, -0.1) is 0 Å². The van der Waals surface area contributed by atoms with Crippen molar-refractivity contribution in [2.45, 2.75) is 45.2 Å². The van der Waals surface area contributed by atoms with Gasteiger partial charge in [0.2, 0.25) is 0 Å². The number of hydrogen-bond acceptors (Lipinski definition) is 3. The van der Waals surface area contributed by atoms with Gasteiger partial charge in [0.05, 0.1) is 17.1 Å². The van der Waals surface area contributed by atoms with E-state index in [9.17, 15) is 4.79 Å². The molecule has 0 aliphatic heterocycles. The van der Waals surface area contributed by atoms with Crippen molar-refractivity contribution in [3.05, 3.63) is 22.2 Å². The van der Waals surface area contributed by atoms with Crippen LogP contribution in [0.15, 0.2) is 16.6 Å². The van der Waals surface area contributed by atoms with Gasteiger partial charge in [-0.25, -0.2) is 0 Å². The minimum absolute atomic E-state index is 0.160. The topological polar surface area (TPSA) is 78.2 Å². The Bertz CT molecular complexity index is 516. The summed E-state index contributed by atoms with van der Waals surface area (Å²) in [4.78, 5) is 10.9. The SMILES string of the molecule is CCOc1cc(C[NH2+]C2CCCC2)cc(Br)c1OCC(N)=O. The van der Waals surface area contributed by atoms with Gasteiger partial charge in [-0.05, 0) is 60.7 Å². The molecule has 5 nitrogen and oxygen atoms in total. The van der Waals surface area contributed by atoms with E-state index >= 15 is 0 Å². The van der Waals surface area contributed by atoms with E-state index < -0.39 is 5.91 Å². The molecule has 0 atom stereocenters. The Labute approximate surface area is 139 Å². The van der Waals surface area contributed by atoms with Gasteiger partial charge in [-0.3, -0.25) is 4.79 Å². The van der Waals surface area contributed by atoms with Crippen molar-refractivity contribution in [1.82, 2.24) is 0 Å². The normalized spacial score (nSPS) is 15.0. The molecule has 6 heteroatoms. The molecule has 0 aromatic heterocycles. The van der Waals surface area contributed by atoms with Crippen molar-refractivity contribution >= 4 is 21.8 Å². The zero-order valence-electron chi connectivity index (χ0n) is 12.9. The first-order chi connectivity index (χ1) is 10.6. The number of amides is 1. The summed E-state index contributed by atoms with van der Waals surface area (Å²) in [5.74, 6) is 0.672. The standard InChI is InChI=1S/C16H23BrN2O3/c1-2-21-14-8-11(9-19-12-5-3-4-6-12)7-13(17)16(14)22-10-15(18)20/h7-8,12,19H,2-6,9-10H2,1H3,(H2,18,20)/p+1. The zero-order chi connectivity index (χ0) is 15.9. The van der Waals surface area contributed by atoms with Gasteiger partial charge < -0.3 is 20.5 Å². The lowest BCUT2D eigenvalue weighted by molar-refractivity contribution is -0.703. The molecule has 0 unspecified atom stereocenters. The number of benzene rings is 1. The fourth-order valence-corrected chi connectivity index (χ4v) is 3.39. The quantitative estimate of drug-likeness (QED) is 0.730. The van der Waals surface area contributed by atoms with Crippen LogP contribution < -0.4 is 20.5 Å². The van der Waals surface area contributed by atoms with Gasteiger partial charge in [0, 0.05) is 5.56 Å². The molecule has 1 amide bonds. The molecule has 2 rings (SSSR count). The maximum Gasteiger partial charge on any atom is 0.255 e.